The lowest BCUT2D eigenvalue weighted by Gasteiger charge is -2.22. The van der Waals surface area contributed by atoms with Crippen molar-refractivity contribution in [2.75, 3.05) is 20.3 Å². The molecule has 0 heterocycles. The SMILES string of the molecule is CCNC(C)c1ccc(OCCC(C)(C)OC)c(F)c1. The highest BCUT2D eigenvalue weighted by molar-refractivity contribution is 5.30. The molecule has 0 fully saturated rings. The molecule has 20 heavy (non-hydrogen) atoms. The third kappa shape index (κ3) is 5.10. The number of halogens is 1. The molecule has 1 aromatic rings. The van der Waals surface area contributed by atoms with E-state index >= 15 is 0 Å². The molecule has 114 valence electrons. The third-order valence-corrected chi connectivity index (χ3v) is 3.48. The van der Waals surface area contributed by atoms with Crippen LogP contribution in [0.3, 0.4) is 0 Å². The predicted octanol–water partition coefficient (Wildman–Crippen LogP) is 3.69. The summed E-state index contributed by atoms with van der Waals surface area (Å²) in [5.74, 6) is -0.0215. The van der Waals surface area contributed by atoms with Crippen LogP contribution < -0.4 is 10.1 Å². The van der Waals surface area contributed by atoms with Crippen molar-refractivity contribution < 1.29 is 13.9 Å². The van der Waals surface area contributed by atoms with Crippen LogP contribution in [0.4, 0.5) is 4.39 Å². The molecule has 1 atom stereocenters. The Labute approximate surface area is 121 Å². The second-order valence-corrected chi connectivity index (χ2v) is 5.53. The Hall–Kier alpha value is -1.13. The smallest absolute Gasteiger partial charge is 0.165 e. The van der Waals surface area contributed by atoms with E-state index in [4.69, 9.17) is 9.47 Å². The van der Waals surface area contributed by atoms with Gasteiger partial charge in [0.05, 0.1) is 12.2 Å². The zero-order chi connectivity index (χ0) is 15.2. The number of benzene rings is 1. The molecular formula is C16H26FNO2. The Kier molecular flexibility index (Phi) is 6.43. The largest absolute Gasteiger partial charge is 0.490 e. The number of ether oxygens (including phenoxy) is 2. The van der Waals surface area contributed by atoms with Crippen LogP contribution in [0, 0.1) is 5.82 Å². The summed E-state index contributed by atoms with van der Waals surface area (Å²) in [6.07, 6.45) is 0.707. The average Bonchev–Trinajstić information content (AvgIpc) is 2.40. The van der Waals surface area contributed by atoms with Gasteiger partial charge in [-0.15, -0.1) is 0 Å². The van der Waals surface area contributed by atoms with Gasteiger partial charge in [0.25, 0.3) is 0 Å². The van der Waals surface area contributed by atoms with E-state index < -0.39 is 0 Å². The third-order valence-electron chi connectivity index (χ3n) is 3.48. The van der Waals surface area contributed by atoms with E-state index in [9.17, 15) is 4.39 Å². The molecule has 0 saturated heterocycles. The van der Waals surface area contributed by atoms with E-state index in [0.29, 0.717) is 18.8 Å². The van der Waals surface area contributed by atoms with E-state index in [2.05, 4.69) is 5.32 Å². The summed E-state index contributed by atoms with van der Waals surface area (Å²) in [6.45, 7) is 9.29. The Morgan fingerprint density at radius 1 is 1.35 bits per heavy atom. The molecule has 1 unspecified atom stereocenters. The fourth-order valence-corrected chi connectivity index (χ4v) is 1.84. The highest BCUT2D eigenvalue weighted by Gasteiger charge is 2.17. The quantitative estimate of drug-likeness (QED) is 0.789. The number of hydrogen-bond acceptors (Lipinski definition) is 3. The number of methoxy groups -OCH3 is 1. The molecule has 0 aliphatic carbocycles. The Morgan fingerprint density at radius 3 is 2.60 bits per heavy atom. The lowest BCUT2D eigenvalue weighted by Crippen LogP contribution is -2.25. The summed E-state index contributed by atoms with van der Waals surface area (Å²) < 4.78 is 24.8. The maximum atomic E-state index is 14.0. The second-order valence-electron chi connectivity index (χ2n) is 5.53. The van der Waals surface area contributed by atoms with Crippen molar-refractivity contribution in [1.82, 2.24) is 5.32 Å². The molecule has 0 radical (unpaired) electrons. The Balaban J connectivity index is 2.60. The van der Waals surface area contributed by atoms with Crippen molar-refractivity contribution in [3.05, 3.63) is 29.6 Å². The molecule has 1 aromatic carbocycles. The number of hydrogen-bond donors (Lipinski definition) is 1. The van der Waals surface area contributed by atoms with Crippen LogP contribution >= 0.6 is 0 Å². The van der Waals surface area contributed by atoms with Crippen molar-refractivity contribution in [3.8, 4) is 5.75 Å². The van der Waals surface area contributed by atoms with E-state index in [0.717, 1.165) is 12.1 Å². The van der Waals surface area contributed by atoms with Gasteiger partial charge in [0.15, 0.2) is 11.6 Å². The molecule has 0 aliphatic rings. The van der Waals surface area contributed by atoms with Crippen molar-refractivity contribution in [1.29, 1.82) is 0 Å². The number of nitrogens with one attached hydrogen (secondary N) is 1. The van der Waals surface area contributed by atoms with Gasteiger partial charge in [-0.25, -0.2) is 4.39 Å². The first-order chi connectivity index (χ1) is 9.39. The van der Waals surface area contributed by atoms with Crippen molar-refractivity contribution in [3.63, 3.8) is 0 Å². The van der Waals surface area contributed by atoms with Gasteiger partial charge in [-0.1, -0.05) is 13.0 Å². The lowest BCUT2D eigenvalue weighted by molar-refractivity contribution is 0.00513. The van der Waals surface area contributed by atoms with Crippen LogP contribution in [0.25, 0.3) is 0 Å². The van der Waals surface area contributed by atoms with Crippen LogP contribution in [-0.4, -0.2) is 25.9 Å². The van der Waals surface area contributed by atoms with Crippen LogP contribution in [0.2, 0.25) is 0 Å². The van der Waals surface area contributed by atoms with Gasteiger partial charge < -0.3 is 14.8 Å². The zero-order valence-electron chi connectivity index (χ0n) is 13.1. The van der Waals surface area contributed by atoms with Gasteiger partial charge in [0.1, 0.15) is 0 Å². The maximum Gasteiger partial charge on any atom is 0.165 e. The van der Waals surface area contributed by atoms with Crippen LogP contribution in [0.15, 0.2) is 18.2 Å². The first-order valence-electron chi connectivity index (χ1n) is 7.10. The van der Waals surface area contributed by atoms with Crippen LogP contribution in [0.1, 0.15) is 45.7 Å². The summed E-state index contributed by atoms with van der Waals surface area (Å²) in [7, 11) is 1.66. The molecule has 1 N–H and O–H groups in total. The summed E-state index contributed by atoms with van der Waals surface area (Å²) in [5.41, 5.74) is 0.671. The summed E-state index contributed by atoms with van der Waals surface area (Å²) in [5, 5.41) is 3.26. The van der Waals surface area contributed by atoms with Gasteiger partial charge in [-0.3, -0.25) is 0 Å². The molecule has 0 amide bonds. The first kappa shape index (κ1) is 16.9. The minimum absolute atomic E-state index is 0.135. The van der Waals surface area contributed by atoms with Gasteiger partial charge in [-0.05, 0) is 45.0 Å². The minimum atomic E-state index is -0.317. The van der Waals surface area contributed by atoms with Crippen molar-refractivity contribution in [2.45, 2.75) is 45.8 Å². The number of rotatable bonds is 8. The molecule has 1 rings (SSSR count). The summed E-state index contributed by atoms with van der Waals surface area (Å²) in [4.78, 5) is 0. The van der Waals surface area contributed by atoms with Gasteiger partial charge in [0, 0.05) is 19.6 Å². The Bertz CT molecular complexity index is 421. The van der Waals surface area contributed by atoms with E-state index in [1.807, 2.05) is 33.8 Å². The molecular weight excluding hydrogens is 257 g/mol. The van der Waals surface area contributed by atoms with E-state index in [1.165, 1.54) is 6.07 Å². The minimum Gasteiger partial charge on any atom is -0.490 e. The van der Waals surface area contributed by atoms with Gasteiger partial charge in [-0.2, -0.15) is 0 Å². The topological polar surface area (TPSA) is 30.5 Å². The Morgan fingerprint density at radius 2 is 2.05 bits per heavy atom. The monoisotopic (exact) mass is 283 g/mol. The summed E-state index contributed by atoms with van der Waals surface area (Å²) >= 11 is 0. The molecule has 0 bridgehead atoms. The normalized spacial score (nSPS) is 13.3. The van der Waals surface area contributed by atoms with Crippen molar-refractivity contribution in [2.24, 2.45) is 0 Å². The highest BCUT2D eigenvalue weighted by atomic mass is 19.1. The molecule has 4 heteroatoms. The van der Waals surface area contributed by atoms with E-state index in [1.54, 1.807) is 13.2 Å². The fraction of sp³-hybridized carbons (Fsp3) is 0.625. The van der Waals surface area contributed by atoms with Crippen LogP contribution in [-0.2, 0) is 4.74 Å². The lowest BCUT2D eigenvalue weighted by atomic mass is 10.1. The second kappa shape index (κ2) is 7.60. The first-order valence-corrected chi connectivity index (χ1v) is 7.10. The van der Waals surface area contributed by atoms with E-state index in [-0.39, 0.29) is 17.5 Å². The summed E-state index contributed by atoms with van der Waals surface area (Å²) in [6, 6.07) is 5.26. The highest BCUT2D eigenvalue weighted by Crippen LogP contribution is 2.23. The van der Waals surface area contributed by atoms with Crippen LogP contribution in [0.5, 0.6) is 5.75 Å². The molecule has 0 aliphatic heterocycles. The standard InChI is InChI=1S/C16H26FNO2/c1-6-18-12(2)13-7-8-15(14(17)11-13)20-10-9-16(3,4)19-5/h7-8,11-12,18H,6,9-10H2,1-5H3. The molecule has 3 nitrogen and oxygen atoms in total. The van der Waals surface area contributed by atoms with Gasteiger partial charge in [0.2, 0.25) is 0 Å². The average molecular weight is 283 g/mol. The molecule has 0 aromatic heterocycles. The molecule has 0 spiro atoms. The predicted molar refractivity (Wildman–Crippen MR) is 79.7 cm³/mol. The maximum absolute atomic E-state index is 14.0. The zero-order valence-corrected chi connectivity index (χ0v) is 13.1. The van der Waals surface area contributed by atoms with Crippen molar-refractivity contribution >= 4 is 0 Å². The molecule has 0 saturated carbocycles. The fourth-order valence-electron chi connectivity index (χ4n) is 1.84. The van der Waals surface area contributed by atoms with Gasteiger partial charge >= 0.3 is 0 Å².